The first-order chi connectivity index (χ1) is 10.8. The Morgan fingerprint density at radius 1 is 1.23 bits per heavy atom. The lowest BCUT2D eigenvalue weighted by molar-refractivity contribution is -0.123. The molecule has 0 aliphatic carbocycles. The van der Waals surface area contributed by atoms with Crippen molar-refractivity contribution in [2.75, 3.05) is 6.54 Å². The monoisotopic (exact) mass is 298 g/mol. The second-order valence-corrected chi connectivity index (χ2v) is 4.55. The Kier molecular flexibility index (Phi) is 4.14. The van der Waals surface area contributed by atoms with Crippen molar-refractivity contribution in [1.29, 1.82) is 0 Å². The lowest BCUT2D eigenvalue weighted by Crippen LogP contribution is -2.35. The number of nitrogens with one attached hydrogen (secondary N) is 1. The minimum Gasteiger partial charge on any atom is -0.352 e. The van der Waals surface area contributed by atoms with Crippen molar-refractivity contribution in [2.45, 2.75) is 12.6 Å². The van der Waals surface area contributed by atoms with Crippen molar-refractivity contribution in [2.24, 2.45) is 0 Å². The summed E-state index contributed by atoms with van der Waals surface area (Å²) in [4.78, 5) is 16.3. The molecule has 0 radical (unpaired) electrons. The Bertz CT molecular complexity index is 695. The van der Waals surface area contributed by atoms with E-state index in [1.165, 1.54) is 17.3 Å². The molecule has 9 heteroatoms. The van der Waals surface area contributed by atoms with Crippen LogP contribution in [-0.4, -0.2) is 47.4 Å². The fourth-order valence-corrected chi connectivity index (χ4v) is 2.08. The van der Waals surface area contributed by atoms with Gasteiger partial charge in [0.05, 0.1) is 6.54 Å². The zero-order valence-corrected chi connectivity index (χ0v) is 11.6. The van der Waals surface area contributed by atoms with Crippen molar-refractivity contribution in [3.05, 3.63) is 54.9 Å². The summed E-state index contributed by atoms with van der Waals surface area (Å²) in [6.45, 7) is 0.983. The summed E-state index contributed by atoms with van der Waals surface area (Å²) in [5.74, 6) is -0.182. The maximum atomic E-state index is 12.5. The first-order valence-corrected chi connectivity index (χ1v) is 6.72. The molecule has 0 fully saturated rings. The molecule has 2 aromatic heterocycles. The van der Waals surface area contributed by atoms with Crippen molar-refractivity contribution in [1.82, 2.24) is 40.3 Å². The van der Waals surface area contributed by atoms with Gasteiger partial charge >= 0.3 is 0 Å². The van der Waals surface area contributed by atoms with E-state index >= 15 is 0 Å². The summed E-state index contributed by atoms with van der Waals surface area (Å²) in [7, 11) is 0. The first-order valence-electron chi connectivity index (χ1n) is 6.72. The van der Waals surface area contributed by atoms with E-state index in [-0.39, 0.29) is 5.91 Å². The number of aromatic nitrogens is 7. The highest BCUT2D eigenvalue weighted by atomic mass is 16.2. The third kappa shape index (κ3) is 3.14. The predicted molar refractivity (Wildman–Crippen MR) is 75.4 cm³/mol. The van der Waals surface area contributed by atoms with Gasteiger partial charge in [0, 0.05) is 6.54 Å². The lowest BCUT2D eigenvalue weighted by atomic mass is 10.1. The van der Waals surface area contributed by atoms with E-state index in [9.17, 15) is 4.79 Å². The van der Waals surface area contributed by atoms with Crippen LogP contribution in [0.1, 0.15) is 11.6 Å². The molecule has 1 aromatic carbocycles. The van der Waals surface area contributed by atoms with Crippen LogP contribution in [0.25, 0.3) is 0 Å². The molecular weight excluding hydrogens is 284 g/mol. The summed E-state index contributed by atoms with van der Waals surface area (Å²) in [5, 5.41) is 17.9. The molecule has 0 aliphatic heterocycles. The average molecular weight is 298 g/mol. The number of benzene rings is 1. The maximum Gasteiger partial charge on any atom is 0.249 e. The van der Waals surface area contributed by atoms with E-state index in [0.717, 1.165) is 5.56 Å². The van der Waals surface area contributed by atoms with Gasteiger partial charge in [0.1, 0.15) is 19.0 Å². The summed E-state index contributed by atoms with van der Waals surface area (Å²) in [5.41, 5.74) is 0.813. The molecule has 0 aliphatic rings. The summed E-state index contributed by atoms with van der Waals surface area (Å²) < 4.78 is 3.08. The summed E-state index contributed by atoms with van der Waals surface area (Å²) in [6.07, 6.45) is 4.48. The van der Waals surface area contributed by atoms with E-state index < -0.39 is 6.04 Å². The number of hydrogen-bond donors (Lipinski definition) is 1. The van der Waals surface area contributed by atoms with Crippen LogP contribution < -0.4 is 5.32 Å². The largest absolute Gasteiger partial charge is 0.352 e. The van der Waals surface area contributed by atoms with Gasteiger partial charge in [-0.05, 0) is 16.0 Å². The van der Waals surface area contributed by atoms with Crippen molar-refractivity contribution < 1.29 is 4.79 Å². The molecule has 1 N–H and O–H groups in total. The van der Waals surface area contributed by atoms with Crippen LogP contribution in [0.5, 0.6) is 0 Å². The molecule has 0 unspecified atom stereocenters. The molecule has 22 heavy (non-hydrogen) atoms. The topological polar surface area (TPSA) is 103 Å². The Balaban J connectivity index is 1.70. The number of nitrogens with zero attached hydrogens (tertiary/aromatic N) is 7. The summed E-state index contributed by atoms with van der Waals surface area (Å²) in [6, 6.07) is 8.76. The molecule has 9 nitrogen and oxygen atoms in total. The number of rotatable bonds is 6. The third-order valence-corrected chi connectivity index (χ3v) is 3.10. The molecule has 0 spiro atoms. The van der Waals surface area contributed by atoms with E-state index in [4.69, 9.17) is 0 Å². The van der Waals surface area contributed by atoms with E-state index in [1.807, 2.05) is 30.3 Å². The summed E-state index contributed by atoms with van der Waals surface area (Å²) >= 11 is 0. The SMILES string of the molecule is O=C(NCCn1cncn1)[C@H](c1ccccc1)n1cnnn1. The number of carbonyl (C=O) groups is 1. The quantitative estimate of drug-likeness (QED) is 0.668. The van der Waals surface area contributed by atoms with Gasteiger partial charge in [-0.3, -0.25) is 9.48 Å². The molecule has 3 aromatic rings. The smallest absolute Gasteiger partial charge is 0.249 e. The second kappa shape index (κ2) is 6.57. The van der Waals surface area contributed by atoms with E-state index in [0.29, 0.717) is 13.1 Å². The fourth-order valence-electron chi connectivity index (χ4n) is 2.08. The normalized spacial score (nSPS) is 12.0. The highest BCUT2D eigenvalue weighted by Gasteiger charge is 2.23. The molecular formula is C13H14N8O. The standard InChI is InChI=1S/C13H14N8O/c22-13(15-6-7-20-9-14-8-17-20)12(21-10-16-18-19-21)11-4-2-1-3-5-11/h1-5,8-10,12H,6-7H2,(H,15,22)/t12-/m0/s1. The number of carbonyl (C=O) groups excluding carboxylic acids is 1. The highest BCUT2D eigenvalue weighted by molar-refractivity contribution is 5.83. The van der Waals surface area contributed by atoms with Crippen LogP contribution in [-0.2, 0) is 11.3 Å². The van der Waals surface area contributed by atoms with Gasteiger partial charge < -0.3 is 5.32 Å². The van der Waals surface area contributed by atoms with Gasteiger partial charge in [0.25, 0.3) is 0 Å². The molecule has 2 heterocycles. The first kappa shape index (κ1) is 13.9. The van der Waals surface area contributed by atoms with Crippen LogP contribution in [0.2, 0.25) is 0 Å². The number of amides is 1. The van der Waals surface area contributed by atoms with Gasteiger partial charge in [-0.25, -0.2) is 9.67 Å². The van der Waals surface area contributed by atoms with Crippen LogP contribution in [0.3, 0.4) is 0 Å². The molecule has 1 atom stereocenters. The maximum absolute atomic E-state index is 12.5. The van der Waals surface area contributed by atoms with Crippen molar-refractivity contribution in [3.8, 4) is 0 Å². The Labute approximate surface area is 126 Å². The molecule has 3 rings (SSSR count). The van der Waals surface area contributed by atoms with Crippen molar-refractivity contribution in [3.63, 3.8) is 0 Å². The van der Waals surface area contributed by atoms with Gasteiger partial charge in [-0.15, -0.1) is 5.10 Å². The molecule has 0 bridgehead atoms. The van der Waals surface area contributed by atoms with Crippen molar-refractivity contribution >= 4 is 5.91 Å². The van der Waals surface area contributed by atoms with E-state index in [2.05, 4.69) is 30.9 Å². The fraction of sp³-hybridized carbons (Fsp3) is 0.231. The predicted octanol–water partition coefficient (Wildman–Crippen LogP) is -0.330. The zero-order chi connectivity index (χ0) is 15.2. The number of hydrogen-bond acceptors (Lipinski definition) is 6. The number of tetrazole rings is 1. The van der Waals surface area contributed by atoms with Gasteiger partial charge in [-0.1, -0.05) is 30.3 Å². The highest BCUT2D eigenvalue weighted by Crippen LogP contribution is 2.16. The Morgan fingerprint density at radius 2 is 2.09 bits per heavy atom. The Morgan fingerprint density at radius 3 is 2.77 bits per heavy atom. The molecule has 0 saturated heterocycles. The Hall–Kier alpha value is -3.10. The van der Waals surface area contributed by atoms with Gasteiger partial charge in [0.2, 0.25) is 5.91 Å². The minimum atomic E-state index is -0.605. The van der Waals surface area contributed by atoms with Crippen LogP contribution in [0, 0.1) is 0 Å². The minimum absolute atomic E-state index is 0.182. The van der Waals surface area contributed by atoms with Gasteiger partial charge in [0.15, 0.2) is 6.04 Å². The zero-order valence-electron chi connectivity index (χ0n) is 11.6. The molecule has 1 amide bonds. The van der Waals surface area contributed by atoms with Gasteiger partial charge in [-0.2, -0.15) is 5.10 Å². The lowest BCUT2D eigenvalue weighted by Gasteiger charge is -2.16. The third-order valence-electron chi connectivity index (χ3n) is 3.10. The van der Waals surface area contributed by atoms with Crippen LogP contribution in [0.4, 0.5) is 0 Å². The van der Waals surface area contributed by atoms with Crippen LogP contribution in [0.15, 0.2) is 49.3 Å². The molecule has 0 saturated carbocycles. The average Bonchev–Trinajstić information content (AvgIpc) is 3.22. The van der Waals surface area contributed by atoms with E-state index in [1.54, 1.807) is 11.0 Å². The second-order valence-electron chi connectivity index (χ2n) is 4.55. The molecule has 112 valence electrons. The van der Waals surface area contributed by atoms with Crippen LogP contribution >= 0.6 is 0 Å².